The van der Waals surface area contributed by atoms with Crippen molar-refractivity contribution in [1.82, 2.24) is 4.98 Å². The van der Waals surface area contributed by atoms with E-state index >= 15 is 0 Å². The summed E-state index contributed by atoms with van der Waals surface area (Å²) < 4.78 is 65.1. The number of benzene rings is 2. The molecule has 0 saturated carbocycles. The number of nitrogens with one attached hydrogen (secondary N) is 1. The van der Waals surface area contributed by atoms with Crippen LogP contribution in [-0.4, -0.2) is 24.6 Å². The lowest BCUT2D eigenvalue weighted by molar-refractivity contribution is -0.0500. The molecule has 156 valence electrons. The summed E-state index contributed by atoms with van der Waals surface area (Å²) >= 11 is 0. The number of nitrogen functional groups attached to an aromatic ring is 1. The normalized spacial score (nSPS) is 11.9. The van der Waals surface area contributed by atoms with Gasteiger partial charge in [0.15, 0.2) is 5.75 Å². The second-order valence-electron chi connectivity index (χ2n) is 6.34. The average Bonchev–Trinajstić information content (AvgIpc) is 2.67. The van der Waals surface area contributed by atoms with E-state index in [1.807, 2.05) is 0 Å². The summed E-state index contributed by atoms with van der Waals surface area (Å²) in [6, 6.07) is 14.7. The molecular weight excluding hydrogens is 419 g/mol. The fourth-order valence-corrected chi connectivity index (χ4v) is 3.20. The van der Waals surface area contributed by atoms with E-state index in [4.69, 9.17) is 11.1 Å². The molecule has 0 bridgehead atoms. The molecule has 30 heavy (non-hydrogen) atoms. The van der Waals surface area contributed by atoms with E-state index in [1.54, 1.807) is 55.5 Å². The summed E-state index contributed by atoms with van der Waals surface area (Å²) in [6.45, 7) is 1.54. The van der Waals surface area contributed by atoms with Gasteiger partial charge in [-0.05, 0) is 30.7 Å². The molecule has 3 aromatic rings. The van der Waals surface area contributed by atoms with Gasteiger partial charge in [-0.2, -0.15) is 21.6 Å². The average molecular weight is 435 g/mol. The van der Waals surface area contributed by atoms with Gasteiger partial charge in [-0.1, -0.05) is 36.4 Å². The second kappa shape index (κ2) is 7.79. The van der Waals surface area contributed by atoms with Crippen molar-refractivity contribution in [2.45, 2.75) is 12.4 Å². The monoisotopic (exact) mass is 435 g/mol. The summed E-state index contributed by atoms with van der Waals surface area (Å²) in [7, 11) is -5.85. The van der Waals surface area contributed by atoms with E-state index in [0.29, 0.717) is 33.6 Å². The first-order chi connectivity index (χ1) is 14.0. The van der Waals surface area contributed by atoms with Gasteiger partial charge in [0.05, 0.1) is 11.9 Å². The third-order valence-corrected chi connectivity index (χ3v) is 5.15. The number of hydrogen-bond donors (Lipinski definition) is 2. The van der Waals surface area contributed by atoms with Gasteiger partial charge in [0.25, 0.3) is 0 Å². The molecule has 0 aliphatic rings. The number of rotatable bonds is 5. The predicted octanol–water partition coefficient (Wildman–Crippen LogP) is 4.61. The Morgan fingerprint density at radius 2 is 1.73 bits per heavy atom. The van der Waals surface area contributed by atoms with Crippen LogP contribution in [0, 0.1) is 5.41 Å². The zero-order valence-corrected chi connectivity index (χ0v) is 16.4. The number of halogens is 3. The maximum atomic E-state index is 12.7. The van der Waals surface area contributed by atoms with E-state index in [2.05, 4.69) is 9.17 Å². The highest BCUT2D eigenvalue weighted by Gasteiger charge is 2.48. The zero-order chi connectivity index (χ0) is 22.1. The lowest BCUT2D eigenvalue weighted by Crippen LogP contribution is -2.28. The first-order valence-corrected chi connectivity index (χ1v) is 9.92. The van der Waals surface area contributed by atoms with Crippen molar-refractivity contribution in [2.75, 3.05) is 5.73 Å². The smallest absolute Gasteiger partial charge is 0.398 e. The first-order valence-electron chi connectivity index (χ1n) is 8.51. The molecule has 6 nitrogen and oxygen atoms in total. The molecule has 1 aromatic heterocycles. The molecule has 0 aliphatic heterocycles. The highest BCUT2D eigenvalue weighted by molar-refractivity contribution is 7.88. The van der Waals surface area contributed by atoms with E-state index < -0.39 is 21.4 Å². The van der Waals surface area contributed by atoms with Gasteiger partial charge in [-0.15, -0.1) is 0 Å². The fraction of sp³-hybridized carbons (Fsp3) is 0.100. The van der Waals surface area contributed by atoms with E-state index in [9.17, 15) is 21.6 Å². The van der Waals surface area contributed by atoms with E-state index in [1.165, 1.54) is 0 Å². The summed E-state index contributed by atoms with van der Waals surface area (Å²) in [5.41, 5.74) is 3.14. The van der Waals surface area contributed by atoms with Crippen LogP contribution in [0.15, 0.2) is 60.8 Å². The van der Waals surface area contributed by atoms with Crippen LogP contribution in [0.3, 0.4) is 0 Å². The highest BCUT2D eigenvalue weighted by Crippen LogP contribution is 2.36. The number of alkyl halides is 3. The molecule has 1 heterocycles. The molecule has 3 rings (SSSR count). The quantitative estimate of drug-likeness (QED) is 0.263. The standard InChI is InChI=1S/C20H16F3N3O3S/c1-12(24)16-9-14(7-8-18(16)25)17-10-15(29-30(27,28)20(21,22)23)11-26-19(17)13-5-3-2-4-6-13/h2-11,24H,25H2,1H3. The minimum Gasteiger partial charge on any atom is -0.398 e. The lowest BCUT2D eigenvalue weighted by atomic mass is 9.96. The van der Waals surface area contributed by atoms with Crippen LogP contribution in [-0.2, 0) is 10.1 Å². The first kappa shape index (κ1) is 21.3. The van der Waals surface area contributed by atoms with Gasteiger partial charge in [-0.25, -0.2) is 0 Å². The largest absolute Gasteiger partial charge is 0.534 e. The lowest BCUT2D eigenvalue weighted by Gasteiger charge is -2.14. The molecule has 0 atom stereocenters. The van der Waals surface area contributed by atoms with Crippen LogP contribution in [0.5, 0.6) is 5.75 Å². The Morgan fingerprint density at radius 1 is 1.07 bits per heavy atom. The molecule has 0 amide bonds. The van der Waals surface area contributed by atoms with Crippen LogP contribution in [0.2, 0.25) is 0 Å². The van der Waals surface area contributed by atoms with Gasteiger partial charge >= 0.3 is 15.6 Å². The van der Waals surface area contributed by atoms with Crippen LogP contribution < -0.4 is 9.92 Å². The van der Waals surface area contributed by atoms with Crippen molar-refractivity contribution in [1.29, 1.82) is 5.41 Å². The summed E-state index contributed by atoms with van der Waals surface area (Å²) in [4.78, 5) is 4.15. The SMILES string of the molecule is CC(=N)c1cc(-c2cc(OS(=O)(=O)C(F)(F)F)cnc2-c2ccccc2)ccc1N. The van der Waals surface area contributed by atoms with Gasteiger partial charge in [-0.3, -0.25) is 4.98 Å². The number of aromatic nitrogens is 1. The van der Waals surface area contributed by atoms with Crippen molar-refractivity contribution < 1.29 is 25.8 Å². The van der Waals surface area contributed by atoms with Crippen molar-refractivity contribution in [3.8, 4) is 28.1 Å². The second-order valence-corrected chi connectivity index (χ2v) is 7.88. The van der Waals surface area contributed by atoms with Crippen molar-refractivity contribution in [3.63, 3.8) is 0 Å². The zero-order valence-electron chi connectivity index (χ0n) is 15.6. The predicted molar refractivity (Wildman–Crippen MR) is 108 cm³/mol. The Morgan fingerprint density at radius 3 is 2.33 bits per heavy atom. The Bertz CT molecular complexity index is 1210. The molecule has 0 aliphatic carbocycles. The van der Waals surface area contributed by atoms with E-state index in [-0.39, 0.29) is 5.71 Å². The fourth-order valence-electron chi connectivity index (χ4n) is 2.76. The number of nitrogens with zero attached hydrogens (tertiary/aromatic N) is 1. The summed E-state index contributed by atoms with van der Waals surface area (Å²) in [5, 5.41) is 7.86. The number of hydrogen-bond acceptors (Lipinski definition) is 6. The maximum absolute atomic E-state index is 12.7. The molecule has 0 spiro atoms. The Hall–Kier alpha value is -3.40. The molecule has 0 saturated heterocycles. The maximum Gasteiger partial charge on any atom is 0.534 e. The van der Waals surface area contributed by atoms with Crippen molar-refractivity contribution >= 4 is 21.5 Å². The Kier molecular flexibility index (Phi) is 5.53. The van der Waals surface area contributed by atoms with Crippen LogP contribution in [0.25, 0.3) is 22.4 Å². The van der Waals surface area contributed by atoms with Crippen LogP contribution in [0.4, 0.5) is 18.9 Å². The topological polar surface area (TPSA) is 106 Å². The third kappa shape index (κ3) is 4.28. The molecule has 0 unspecified atom stereocenters. The van der Waals surface area contributed by atoms with Gasteiger partial charge in [0.1, 0.15) is 0 Å². The summed E-state index contributed by atoms with van der Waals surface area (Å²) in [6.07, 6.45) is 0.912. The van der Waals surface area contributed by atoms with Gasteiger partial charge in [0, 0.05) is 28.1 Å². The Labute approximate surface area is 170 Å². The molecule has 0 radical (unpaired) electrons. The minimum absolute atomic E-state index is 0.190. The molecule has 10 heteroatoms. The van der Waals surface area contributed by atoms with Gasteiger partial charge < -0.3 is 15.3 Å². The molecule has 3 N–H and O–H groups in total. The molecular formula is C20H16F3N3O3S. The summed E-state index contributed by atoms with van der Waals surface area (Å²) in [5.74, 6) is -0.591. The molecule has 2 aromatic carbocycles. The number of pyridine rings is 1. The number of anilines is 1. The molecule has 0 fully saturated rings. The van der Waals surface area contributed by atoms with Gasteiger partial charge in [0.2, 0.25) is 0 Å². The number of nitrogens with two attached hydrogens (primary N) is 1. The van der Waals surface area contributed by atoms with Crippen molar-refractivity contribution in [3.05, 3.63) is 66.4 Å². The Balaban J connectivity index is 2.20. The highest BCUT2D eigenvalue weighted by atomic mass is 32.2. The van der Waals surface area contributed by atoms with Crippen molar-refractivity contribution in [2.24, 2.45) is 0 Å². The third-order valence-electron chi connectivity index (χ3n) is 4.17. The van der Waals surface area contributed by atoms with Crippen LogP contribution >= 0.6 is 0 Å². The minimum atomic E-state index is -5.85. The van der Waals surface area contributed by atoms with Crippen LogP contribution in [0.1, 0.15) is 12.5 Å². The van der Waals surface area contributed by atoms with E-state index in [0.717, 1.165) is 12.3 Å².